The molecule has 0 unspecified atom stereocenters. The van der Waals surface area contributed by atoms with Crippen LogP contribution in [0.5, 0.6) is 0 Å². The van der Waals surface area contributed by atoms with Crippen molar-refractivity contribution in [1.29, 1.82) is 0 Å². The summed E-state index contributed by atoms with van der Waals surface area (Å²) in [7, 11) is 0. The molecule has 0 saturated heterocycles. The van der Waals surface area contributed by atoms with Crippen LogP contribution in [0.15, 0.2) is 55.3 Å². The van der Waals surface area contributed by atoms with Crippen LogP contribution in [-0.2, 0) is 6.54 Å². The van der Waals surface area contributed by atoms with Gasteiger partial charge in [0.1, 0.15) is 6.54 Å². The van der Waals surface area contributed by atoms with Crippen molar-refractivity contribution in [2.24, 2.45) is 0 Å². The smallest absolute Gasteiger partial charge is 0.198 e. The van der Waals surface area contributed by atoms with E-state index in [4.69, 9.17) is 0 Å². The first kappa shape index (κ1) is 9.91. The van der Waals surface area contributed by atoms with Crippen LogP contribution in [0.2, 0.25) is 0 Å². The molecular formula is C14H16N+. The van der Waals surface area contributed by atoms with Crippen molar-refractivity contribution in [3.05, 3.63) is 55.3 Å². The van der Waals surface area contributed by atoms with Crippen LogP contribution in [0.1, 0.15) is 12.8 Å². The summed E-state index contributed by atoms with van der Waals surface area (Å²) in [5, 5.41) is 1.30. The minimum absolute atomic E-state index is 1.06. The third-order valence-electron chi connectivity index (χ3n) is 2.60. The lowest BCUT2D eigenvalue weighted by Crippen LogP contribution is -2.33. The predicted octanol–water partition coefficient (Wildman–Crippen LogP) is 3.09. The average molecular weight is 198 g/mol. The van der Waals surface area contributed by atoms with Gasteiger partial charge in [0.2, 0.25) is 5.52 Å². The van der Waals surface area contributed by atoms with Gasteiger partial charge in [-0.05, 0) is 18.6 Å². The van der Waals surface area contributed by atoms with E-state index in [1.165, 1.54) is 10.9 Å². The Kier molecular flexibility index (Phi) is 3.13. The van der Waals surface area contributed by atoms with Gasteiger partial charge in [-0.15, -0.1) is 6.58 Å². The molecule has 2 rings (SSSR count). The van der Waals surface area contributed by atoms with Crippen molar-refractivity contribution in [1.82, 2.24) is 0 Å². The van der Waals surface area contributed by atoms with E-state index in [2.05, 4.69) is 53.7 Å². The summed E-state index contributed by atoms with van der Waals surface area (Å²) < 4.78 is 2.30. The van der Waals surface area contributed by atoms with Gasteiger partial charge < -0.3 is 0 Å². The number of hydrogen-bond donors (Lipinski definition) is 0. The fourth-order valence-corrected chi connectivity index (χ4v) is 1.82. The molecule has 1 aromatic carbocycles. The summed E-state index contributed by atoms with van der Waals surface area (Å²) in [6.45, 7) is 4.81. The fourth-order valence-electron chi connectivity index (χ4n) is 1.82. The van der Waals surface area contributed by atoms with Crippen molar-refractivity contribution in [3.63, 3.8) is 0 Å². The molecule has 0 aliphatic rings. The maximum Gasteiger partial charge on any atom is 0.212 e. The van der Waals surface area contributed by atoms with E-state index in [1.807, 2.05) is 6.08 Å². The van der Waals surface area contributed by atoms with Crippen molar-refractivity contribution >= 4 is 10.9 Å². The van der Waals surface area contributed by atoms with Gasteiger partial charge in [-0.2, -0.15) is 4.57 Å². The molecule has 0 fully saturated rings. The summed E-state index contributed by atoms with van der Waals surface area (Å²) in [6, 6.07) is 12.8. The molecule has 0 radical (unpaired) electrons. The van der Waals surface area contributed by atoms with Crippen molar-refractivity contribution in [2.75, 3.05) is 0 Å². The number of hydrogen-bond acceptors (Lipinski definition) is 0. The topological polar surface area (TPSA) is 3.88 Å². The highest BCUT2D eigenvalue weighted by Gasteiger charge is 2.05. The van der Waals surface area contributed by atoms with Gasteiger partial charge in [0.05, 0.1) is 0 Å². The van der Waals surface area contributed by atoms with Gasteiger partial charge in [0.25, 0.3) is 0 Å². The molecule has 0 aliphatic heterocycles. The molecule has 1 nitrogen and oxygen atoms in total. The highest BCUT2D eigenvalue weighted by Crippen LogP contribution is 2.08. The molecule has 0 atom stereocenters. The van der Waals surface area contributed by atoms with Gasteiger partial charge >= 0.3 is 0 Å². The Bertz CT molecular complexity index is 454. The molecule has 0 bridgehead atoms. The molecule has 2 aromatic rings. The molecule has 0 spiro atoms. The summed E-state index contributed by atoms with van der Waals surface area (Å²) in [6.07, 6.45) is 6.36. The number of allylic oxidation sites excluding steroid dienone is 1. The number of para-hydroxylation sites is 1. The second kappa shape index (κ2) is 4.74. The fraction of sp³-hybridized carbons (Fsp3) is 0.214. The molecule has 0 aliphatic carbocycles. The maximum atomic E-state index is 3.74. The van der Waals surface area contributed by atoms with Gasteiger partial charge in [-0.25, -0.2) is 0 Å². The third kappa shape index (κ3) is 2.24. The first-order valence-electron chi connectivity index (χ1n) is 5.40. The Labute approximate surface area is 90.7 Å². The number of fused-ring (bicyclic) bond motifs is 1. The van der Waals surface area contributed by atoms with Crippen molar-refractivity contribution in [2.45, 2.75) is 19.4 Å². The second-order valence-electron chi connectivity index (χ2n) is 3.69. The van der Waals surface area contributed by atoms with Gasteiger partial charge in [0.15, 0.2) is 6.20 Å². The van der Waals surface area contributed by atoms with E-state index in [-0.39, 0.29) is 0 Å². The van der Waals surface area contributed by atoms with E-state index >= 15 is 0 Å². The van der Waals surface area contributed by atoms with Crippen LogP contribution < -0.4 is 4.57 Å². The summed E-state index contributed by atoms with van der Waals surface area (Å²) in [4.78, 5) is 0. The quantitative estimate of drug-likeness (QED) is 0.404. The zero-order valence-corrected chi connectivity index (χ0v) is 8.89. The Hall–Kier alpha value is -1.63. The molecule has 1 heteroatoms. The van der Waals surface area contributed by atoms with Crippen LogP contribution in [0.4, 0.5) is 0 Å². The SMILES string of the molecule is C=CCCC[n+]1cccc2ccccc21. The molecule has 15 heavy (non-hydrogen) atoms. The normalized spacial score (nSPS) is 10.4. The second-order valence-corrected chi connectivity index (χ2v) is 3.69. The Morgan fingerprint density at radius 1 is 1.13 bits per heavy atom. The molecular weight excluding hydrogens is 182 g/mol. The van der Waals surface area contributed by atoms with Crippen LogP contribution in [-0.4, -0.2) is 0 Å². The number of aromatic nitrogens is 1. The van der Waals surface area contributed by atoms with Crippen molar-refractivity contribution in [3.8, 4) is 0 Å². The van der Waals surface area contributed by atoms with E-state index in [1.54, 1.807) is 0 Å². The third-order valence-corrected chi connectivity index (χ3v) is 2.60. The number of rotatable bonds is 4. The summed E-state index contributed by atoms with van der Waals surface area (Å²) in [5.41, 5.74) is 1.31. The first-order valence-corrected chi connectivity index (χ1v) is 5.40. The minimum Gasteiger partial charge on any atom is -0.198 e. The number of nitrogens with zero attached hydrogens (tertiary/aromatic N) is 1. The van der Waals surface area contributed by atoms with Gasteiger partial charge in [0, 0.05) is 23.9 Å². The Morgan fingerprint density at radius 2 is 1.93 bits per heavy atom. The highest BCUT2D eigenvalue weighted by atomic mass is 14.9. The molecule has 1 heterocycles. The van der Waals surface area contributed by atoms with E-state index in [9.17, 15) is 0 Å². The van der Waals surface area contributed by atoms with Gasteiger partial charge in [-0.1, -0.05) is 18.2 Å². The number of benzene rings is 1. The minimum atomic E-state index is 1.06. The standard InChI is InChI=1S/C14H16N/c1-2-3-6-11-15-12-7-9-13-8-4-5-10-14(13)15/h2,4-5,7-10,12H,1,3,6,11H2/q+1. The Balaban J connectivity index is 2.30. The zero-order chi connectivity index (χ0) is 10.5. The van der Waals surface area contributed by atoms with E-state index < -0.39 is 0 Å². The lowest BCUT2D eigenvalue weighted by Gasteiger charge is -1.99. The average Bonchev–Trinajstić information content (AvgIpc) is 2.30. The monoisotopic (exact) mass is 198 g/mol. The lowest BCUT2D eigenvalue weighted by molar-refractivity contribution is -0.671. The van der Waals surface area contributed by atoms with Crippen LogP contribution in [0.3, 0.4) is 0 Å². The van der Waals surface area contributed by atoms with Crippen LogP contribution in [0, 0.1) is 0 Å². The van der Waals surface area contributed by atoms with Gasteiger partial charge in [-0.3, -0.25) is 0 Å². The van der Waals surface area contributed by atoms with Crippen LogP contribution >= 0.6 is 0 Å². The van der Waals surface area contributed by atoms with E-state index in [0.717, 1.165) is 19.4 Å². The molecule has 0 saturated carbocycles. The predicted molar refractivity (Wildman–Crippen MR) is 63.6 cm³/mol. The number of aryl methyl sites for hydroxylation is 1. The largest absolute Gasteiger partial charge is 0.212 e. The molecule has 1 aromatic heterocycles. The maximum absolute atomic E-state index is 3.74. The molecule has 0 N–H and O–H groups in total. The first-order chi connectivity index (χ1) is 7.42. The molecule has 76 valence electrons. The van der Waals surface area contributed by atoms with E-state index in [0.29, 0.717) is 0 Å². The Morgan fingerprint density at radius 3 is 2.80 bits per heavy atom. The lowest BCUT2D eigenvalue weighted by atomic mass is 10.2. The molecule has 0 amide bonds. The highest BCUT2D eigenvalue weighted by molar-refractivity contribution is 5.74. The number of unbranched alkanes of at least 4 members (excludes halogenated alkanes) is 1. The zero-order valence-electron chi connectivity index (χ0n) is 8.89. The van der Waals surface area contributed by atoms with Crippen molar-refractivity contribution < 1.29 is 4.57 Å². The van der Waals surface area contributed by atoms with Crippen LogP contribution in [0.25, 0.3) is 10.9 Å². The summed E-state index contributed by atoms with van der Waals surface area (Å²) in [5.74, 6) is 0. The number of pyridine rings is 1. The summed E-state index contributed by atoms with van der Waals surface area (Å²) >= 11 is 0.